The maximum atomic E-state index is 13.2. The van der Waals surface area contributed by atoms with E-state index in [0.29, 0.717) is 33.8 Å². The molecule has 0 saturated heterocycles. The van der Waals surface area contributed by atoms with Crippen molar-refractivity contribution < 1.29 is 27.9 Å². The monoisotopic (exact) mass is 820 g/mol. The van der Waals surface area contributed by atoms with Crippen LogP contribution in [0.15, 0.2) is 154 Å². The Hall–Kier alpha value is -7.88. The molecule has 2 heterocycles. The topological polar surface area (TPSA) is 126 Å². The Kier molecular flexibility index (Phi) is 9.93. The summed E-state index contributed by atoms with van der Waals surface area (Å²) < 4.78 is 23.5. The lowest BCUT2D eigenvalue weighted by Crippen LogP contribution is -2.10. The molecule has 7 aromatic carbocycles. The Labute approximate surface area is 351 Å². The lowest BCUT2D eigenvalue weighted by Gasteiger charge is -2.14. The van der Waals surface area contributed by atoms with Crippen LogP contribution in [0, 0.1) is 22.7 Å². The van der Waals surface area contributed by atoms with E-state index in [-0.39, 0.29) is 0 Å². The van der Waals surface area contributed by atoms with Crippen LogP contribution >= 0.6 is 23.2 Å². The highest BCUT2D eigenvalue weighted by Gasteiger charge is 2.27. The van der Waals surface area contributed by atoms with Gasteiger partial charge in [0.05, 0.1) is 0 Å². The van der Waals surface area contributed by atoms with Crippen LogP contribution in [0.1, 0.15) is 22.3 Å². The van der Waals surface area contributed by atoms with Crippen molar-refractivity contribution in [3.8, 4) is 46.3 Å². The first kappa shape index (κ1) is 37.7. The third-order valence-corrected chi connectivity index (χ3v) is 10.8. The molecule has 0 atom stereocenters. The summed E-state index contributed by atoms with van der Waals surface area (Å²) in [6, 6.07) is 46.1. The van der Waals surface area contributed by atoms with Crippen molar-refractivity contribution in [2.75, 3.05) is 0 Å². The highest BCUT2D eigenvalue weighted by atomic mass is 35.5. The second-order valence-corrected chi connectivity index (χ2v) is 14.3. The predicted molar refractivity (Wildman–Crippen MR) is 234 cm³/mol. The van der Waals surface area contributed by atoms with Gasteiger partial charge in [0.1, 0.15) is 56.0 Å². The summed E-state index contributed by atoms with van der Waals surface area (Å²) >= 11 is 13.1. The van der Waals surface area contributed by atoms with E-state index in [0.717, 1.165) is 55.6 Å². The van der Waals surface area contributed by atoms with Crippen LogP contribution in [-0.4, -0.2) is 11.9 Å². The molecule has 9 rings (SSSR count). The molecule has 0 radical (unpaired) electrons. The average Bonchev–Trinajstić information content (AvgIpc) is 3.93. The van der Waals surface area contributed by atoms with Gasteiger partial charge in [-0.05, 0) is 69.1 Å². The van der Waals surface area contributed by atoms with E-state index in [1.807, 2.05) is 133 Å². The SMILES string of the molecule is N#Cc1c(C#N)c(OC(=O)/C=C/c2ccccc2-c2cc3c(ccc4ccccc43)o2)c(Cl)c(Cl)c1OC(=O)/C=C/c1ccccc1-c1cc2c(ccc3ccccc32)o1. The van der Waals surface area contributed by atoms with E-state index < -0.39 is 44.6 Å². The number of rotatable bonds is 8. The third-order valence-electron chi connectivity index (χ3n) is 10.0. The van der Waals surface area contributed by atoms with Crippen molar-refractivity contribution >= 4 is 90.8 Å². The summed E-state index contributed by atoms with van der Waals surface area (Å²) in [4.78, 5) is 26.5. The Balaban J connectivity index is 0.955. The van der Waals surface area contributed by atoms with E-state index in [1.54, 1.807) is 12.1 Å². The summed E-state index contributed by atoms with van der Waals surface area (Å²) in [6.45, 7) is 0. The van der Waals surface area contributed by atoms with E-state index in [2.05, 4.69) is 0 Å². The first-order chi connectivity index (χ1) is 29.3. The van der Waals surface area contributed by atoms with Crippen LogP contribution in [0.4, 0.5) is 0 Å². The molecule has 0 aliphatic carbocycles. The molecule has 8 nitrogen and oxygen atoms in total. The van der Waals surface area contributed by atoms with Crippen molar-refractivity contribution in [2.45, 2.75) is 0 Å². The van der Waals surface area contributed by atoms with Crippen LogP contribution in [0.2, 0.25) is 10.0 Å². The molecule has 10 heteroatoms. The number of hydrogen-bond donors (Lipinski definition) is 0. The Bertz CT molecular complexity index is 3160. The number of nitrogens with zero attached hydrogens (tertiary/aromatic N) is 2. The first-order valence-electron chi connectivity index (χ1n) is 18.5. The van der Waals surface area contributed by atoms with Crippen molar-refractivity contribution in [3.63, 3.8) is 0 Å². The largest absolute Gasteiger partial charge is 0.456 e. The minimum absolute atomic E-state index is 0.404. The fourth-order valence-corrected chi connectivity index (χ4v) is 7.66. The minimum atomic E-state index is -0.914. The molecule has 0 amide bonds. The third kappa shape index (κ3) is 6.93. The quantitative estimate of drug-likeness (QED) is 0.0842. The maximum Gasteiger partial charge on any atom is 0.336 e. The Morgan fingerprint density at radius 3 is 1.35 bits per heavy atom. The Morgan fingerprint density at radius 1 is 0.517 bits per heavy atom. The molecule has 2 aromatic heterocycles. The zero-order valence-corrected chi connectivity index (χ0v) is 32.6. The van der Waals surface area contributed by atoms with Gasteiger partial charge in [0.15, 0.2) is 11.5 Å². The number of benzene rings is 7. The van der Waals surface area contributed by atoms with Crippen LogP contribution in [0.5, 0.6) is 11.5 Å². The molecule has 0 aliphatic heterocycles. The molecule has 0 N–H and O–H groups in total. The second-order valence-electron chi connectivity index (χ2n) is 13.6. The summed E-state index contributed by atoms with van der Waals surface area (Å²) in [5, 5.41) is 25.6. The number of carbonyl (C=O) groups excluding carboxylic acids is 2. The van der Waals surface area contributed by atoms with Gasteiger partial charge in [0.2, 0.25) is 0 Å². The number of furan rings is 2. The molecule has 0 fully saturated rings. The Morgan fingerprint density at radius 2 is 0.917 bits per heavy atom. The van der Waals surface area contributed by atoms with Crippen molar-refractivity contribution in [3.05, 3.63) is 178 Å². The smallest absolute Gasteiger partial charge is 0.336 e. The van der Waals surface area contributed by atoms with E-state index in [4.69, 9.17) is 41.5 Å². The predicted octanol–water partition coefficient (Wildman–Crippen LogP) is 13.1. The molecule has 60 heavy (non-hydrogen) atoms. The highest BCUT2D eigenvalue weighted by molar-refractivity contribution is 6.44. The fourth-order valence-electron chi connectivity index (χ4n) is 7.22. The van der Waals surface area contributed by atoms with E-state index >= 15 is 0 Å². The van der Waals surface area contributed by atoms with Crippen molar-refractivity contribution in [1.82, 2.24) is 0 Å². The lowest BCUT2D eigenvalue weighted by atomic mass is 10.0. The van der Waals surface area contributed by atoms with Crippen LogP contribution < -0.4 is 9.47 Å². The van der Waals surface area contributed by atoms with Gasteiger partial charge in [-0.25, -0.2) is 9.59 Å². The maximum absolute atomic E-state index is 13.2. The molecule has 0 spiro atoms. The normalized spacial score (nSPS) is 11.5. The molecule has 0 bridgehead atoms. The summed E-state index contributed by atoms with van der Waals surface area (Å²) in [5.74, 6) is -1.56. The zero-order chi connectivity index (χ0) is 41.3. The van der Waals surface area contributed by atoms with Crippen molar-refractivity contribution in [2.24, 2.45) is 0 Å². The van der Waals surface area contributed by atoms with Gasteiger partial charge < -0.3 is 18.3 Å². The number of fused-ring (bicyclic) bond motifs is 6. The minimum Gasteiger partial charge on any atom is -0.456 e. The first-order valence-corrected chi connectivity index (χ1v) is 19.2. The van der Waals surface area contributed by atoms with Gasteiger partial charge in [-0.15, -0.1) is 0 Å². The summed E-state index contributed by atoms with van der Waals surface area (Å²) in [7, 11) is 0. The number of hydrogen-bond acceptors (Lipinski definition) is 8. The summed E-state index contributed by atoms with van der Waals surface area (Å²) in [6.07, 6.45) is 5.37. The molecule has 9 aromatic rings. The summed E-state index contributed by atoms with van der Waals surface area (Å²) in [5.41, 5.74) is 3.27. The zero-order valence-electron chi connectivity index (χ0n) is 31.1. The van der Waals surface area contributed by atoms with Crippen molar-refractivity contribution in [1.29, 1.82) is 10.5 Å². The number of ether oxygens (including phenoxy) is 2. The van der Waals surface area contributed by atoms with Crippen LogP contribution in [0.25, 0.3) is 78.3 Å². The number of halogens is 2. The highest BCUT2D eigenvalue weighted by Crippen LogP contribution is 2.45. The van der Waals surface area contributed by atoms with Gasteiger partial charge in [0.25, 0.3) is 0 Å². The lowest BCUT2D eigenvalue weighted by molar-refractivity contribution is -0.130. The van der Waals surface area contributed by atoms with Gasteiger partial charge in [-0.1, -0.05) is 132 Å². The van der Waals surface area contributed by atoms with E-state index in [1.165, 1.54) is 12.2 Å². The molecular weight excluding hydrogens is 795 g/mol. The standard InChI is InChI=1S/C50H26Cl2N2O6/c51-47-48(52)50(60-46(56)24-20-32-12-4-8-16-36(32)44-26-38-34-14-6-2-10-30(34)18-22-42(38)58-44)40(28-54)39(27-53)49(47)59-45(55)23-19-31-11-3-7-15-35(31)43-25-37-33-13-5-1-9-29(33)17-21-41(37)57-43/h1-26H/b23-19+,24-20+. The molecule has 0 saturated carbocycles. The molecular formula is C50H26Cl2N2O6. The molecule has 286 valence electrons. The van der Waals surface area contributed by atoms with Gasteiger partial charge in [-0.2, -0.15) is 10.5 Å². The fraction of sp³-hybridized carbons (Fsp3) is 0. The molecule has 0 unspecified atom stereocenters. The number of esters is 2. The molecule has 0 aliphatic rings. The number of carbonyl (C=O) groups is 2. The van der Waals surface area contributed by atoms with Crippen LogP contribution in [0.3, 0.4) is 0 Å². The van der Waals surface area contributed by atoms with E-state index in [9.17, 15) is 20.1 Å². The average molecular weight is 822 g/mol. The van der Waals surface area contributed by atoms with Crippen LogP contribution in [-0.2, 0) is 9.59 Å². The van der Waals surface area contributed by atoms with Gasteiger partial charge in [-0.3, -0.25) is 0 Å². The second kappa shape index (κ2) is 15.8. The van der Waals surface area contributed by atoms with Gasteiger partial charge >= 0.3 is 11.9 Å². The number of nitriles is 2. The van der Waals surface area contributed by atoms with Gasteiger partial charge in [0, 0.05) is 34.1 Å².